The average molecular weight is 408 g/mol. The Kier molecular flexibility index (Phi) is 12.4. The number of carboxylic acids is 1. The topological polar surface area (TPSA) is 125 Å². The van der Waals surface area contributed by atoms with Gasteiger partial charge in [-0.05, 0) is 25.7 Å². The van der Waals surface area contributed by atoms with Crippen molar-refractivity contribution in [2.45, 2.75) is 58.2 Å². The van der Waals surface area contributed by atoms with Gasteiger partial charge in [0.25, 0.3) is 0 Å². The number of Topliss-reactive ketones (excluding diaryl/α,β-unsaturated/α-hetero) is 1. The van der Waals surface area contributed by atoms with Crippen molar-refractivity contribution >= 4 is 48.8 Å². The van der Waals surface area contributed by atoms with Gasteiger partial charge in [0.15, 0.2) is 5.78 Å². The summed E-state index contributed by atoms with van der Waals surface area (Å²) < 4.78 is 0. The second-order valence-electron chi connectivity index (χ2n) is 6.39. The molecular weight excluding hydrogens is 378 g/mol. The van der Waals surface area contributed by atoms with E-state index in [2.05, 4.69) is 41.2 Å². The van der Waals surface area contributed by atoms with Crippen LogP contribution in [-0.4, -0.2) is 58.4 Å². The van der Waals surface area contributed by atoms with Crippen molar-refractivity contribution in [2.24, 2.45) is 5.92 Å². The van der Waals surface area contributed by atoms with Crippen molar-refractivity contribution < 1.29 is 24.3 Å². The minimum Gasteiger partial charge on any atom is -0.481 e. The third kappa shape index (κ3) is 10.0. The molecule has 0 saturated carbocycles. The molecule has 150 valence electrons. The minimum atomic E-state index is -1.05. The van der Waals surface area contributed by atoms with Gasteiger partial charge < -0.3 is 15.7 Å². The minimum absolute atomic E-state index is 0.000769. The number of carbonyl (C=O) groups is 4. The molecule has 0 radical (unpaired) electrons. The van der Waals surface area contributed by atoms with Gasteiger partial charge in [-0.3, -0.25) is 24.5 Å². The monoisotopic (exact) mass is 407 g/mol. The van der Waals surface area contributed by atoms with E-state index in [1.54, 1.807) is 0 Å². The van der Waals surface area contributed by atoms with Gasteiger partial charge in [-0.15, -0.1) is 0 Å². The fourth-order valence-corrected chi connectivity index (χ4v) is 2.76. The molecule has 0 aliphatic heterocycles. The zero-order valence-electron chi connectivity index (χ0n) is 15.3. The van der Waals surface area contributed by atoms with E-state index in [0.29, 0.717) is 6.42 Å². The van der Waals surface area contributed by atoms with Crippen LogP contribution in [0.2, 0.25) is 0 Å². The molecule has 0 aromatic rings. The summed E-state index contributed by atoms with van der Waals surface area (Å²) in [4.78, 5) is 47.3. The maximum Gasteiger partial charge on any atom is 0.303 e. The van der Waals surface area contributed by atoms with Crippen LogP contribution < -0.4 is 16.0 Å². The van der Waals surface area contributed by atoms with Crippen molar-refractivity contribution in [3.8, 4) is 0 Å². The fourth-order valence-electron chi connectivity index (χ4n) is 2.24. The summed E-state index contributed by atoms with van der Waals surface area (Å²) in [6.45, 7) is 5.10. The third-order valence-electron chi connectivity index (χ3n) is 3.63. The van der Waals surface area contributed by atoms with E-state index in [1.165, 1.54) is 6.92 Å². The zero-order chi connectivity index (χ0) is 20.3. The highest BCUT2D eigenvalue weighted by Gasteiger charge is 2.28. The number of amides is 2. The molecule has 8 nitrogen and oxygen atoms in total. The van der Waals surface area contributed by atoms with Crippen LogP contribution in [0.1, 0.15) is 40.0 Å². The Labute approximate surface area is 165 Å². The van der Waals surface area contributed by atoms with Crippen LogP contribution >= 0.6 is 25.3 Å². The van der Waals surface area contributed by atoms with Gasteiger partial charge in [-0.2, -0.15) is 25.3 Å². The standard InChI is InChI=1S/C16H29N3O5S2/c1-9(2)6-12(19-16(24)13(7-25)17-8-26)15(23)18-11(10(3)20)4-5-14(21)22/h9,11-13,17,25-26H,4-8H2,1-3H3,(H,18,23)(H,19,24)(H,21,22)/t11-,12-,13-/m0/s1. The highest BCUT2D eigenvalue weighted by atomic mass is 32.1. The number of aliphatic carboxylic acids is 1. The van der Waals surface area contributed by atoms with E-state index >= 15 is 0 Å². The largest absolute Gasteiger partial charge is 0.481 e. The van der Waals surface area contributed by atoms with E-state index in [-0.39, 0.29) is 42.1 Å². The number of carbonyl (C=O) groups excluding carboxylic acids is 3. The molecule has 3 atom stereocenters. The normalized spacial score (nSPS) is 14.4. The van der Waals surface area contributed by atoms with Crippen LogP contribution in [0.4, 0.5) is 0 Å². The molecule has 0 aliphatic carbocycles. The number of hydrogen-bond acceptors (Lipinski definition) is 7. The number of nitrogens with one attached hydrogen (secondary N) is 3. The number of rotatable bonds is 13. The summed E-state index contributed by atoms with van der Waals surface area (Å²) in [6, 6.07) is -2.34. The van der Waals surface area contributed by atoms with Gasteiger partial charge >= 0.3 is 5.97 Å². The molecule has 0 aromatic carbocycles. The Morgan fingerprint density at radius 3 is 1.92 bits per heavy atom. The number of carboxylic acid groups (broad SMARTS) is 1. The summed E-state index contributed by atoms with van der Waals surface area (Å²) in [5, 5.41) is 16.8. The second-order valence-corrected chi connectivity index (χ2v) is 7.07. The third-order valence-corrected chi connectivity index (χ3v) is 4.18. The van der Waals surface area contributed by atoms with Gasteiger partial charge in [0.05, 0.1) is 12.1 Å². The summed E-state index contributed by atoms with van der Waals surface area (Å²) in [5.74, 6) is -1.65. The SMILES string of the molecule is CC(=O)[C@H](CCC(=O)O)NC(=O)[C@H](CC(C)C)NC(=O)[C@H](CS)NCS. The van der Waals surface area contributed by atoms with Crippen molar-refractivity contribution in [2.75, 3.05) is 11.6 Å². The van der Waals surface area contributed by atoms with E-state index in [9.17, 15) is 19.2 Å². The lowest BCUT2D eigenvalue weighted by molar-refractivity contribution is -0.137. The second kappa shape index (κ2) is 13.0. The summed E-state index contributed by atoms with van der Waals surface area (Å²) >= 11 is 8.12. The van der Waals surface area contributed by atoms with E-state index in [1.807, 2.05) is 13.8 Å². The van der Waals surface area contributed by atoms with Crippen molar-refractivity contribution in [3.63, 3.8) is 0 Å². The molecule has 0 saturated heterocycles. The molecule has 0 fully saturated rings. The molecule has 0 bridgehead atoms. The Bertz CT molecular complexity index is 502. The molecule has 2 amide bonds. The molecule has 0 heterocycles. The van der Waals surface area contributed by atoms with Crippen molar-refractivity contribution in [1.29, 1.82) is 0 Å². The molecule has 0 spiro atoms. The van der Waals surface area contributed by atoms with E-state index in [0.717, 1.165) is 0 Å². The summed E-state index contributed by atoms with van der Waals surface area (Å²) in [6.07, 6.45) is 0.139. The first kappa shape index (κ1) is 24.7. The van der Waals surface area contributed by atoms with Gasteiger partial charge in [-0.1, -0.05) is 13.8 Å². The zero-order valence-corrected chi connectivity index (χ0v) is 17.1. The first-order valence-corrected chi connectivity index (χ1v) is 9.66. The first-order valence-electron chi connectivity index (χ1n) is 8.40. The molecule has 26 heavy (non-hydrogen) atoms. The van der Waals surface area contributed by atoms with Crippen LogP contribution in [0, 0.1) is 5.92 Å². The highest BCUT2D eigenvalue weighted by Crippen LogP contribution is 2.08. The smallest absolute Gasteiger partial charge is 0.303 e. The fraction of sp³-hybridized carbons (Fsp3) is 0.750. The van der Waals surface area contributed by atoms with Gasteiger partial charge in [0, 0.05) is 18.1 Å². The number of thiol groups is 2. The predicted molar refractivity (Wildman–Crippen MR) is 105 cm³/mol. The van der Waals surface area contributed by atoms with Crippen LogP contribution in [0.3, 0.4) is 0 Å². The Balaban J connectivity index is 5.07. The molecule has 0 rings (SSSR count). The predicted octanol–water partition coefficient (Wildman–Crippen LogP) is 0.231. The summed E-state index contributed by atoms with van der Waals surface area (Å²) in [7, 11) is 0. The quantitative estimate of drug-likeness (QED) is 0.192. The van der Waals surface area contributed by atoms with Gasteiger partial charge in [-0.25, -0.2) is 0 Å². The van der Waals surface area contributed by atoms with Crippen LogP contribution in [0.15, 0.2) is 0 Å². The van der Waals surface area contributed by atoms with Gasteiger partial charge in [0.2, 0.25) is 11.8 Å². The Morgan fingerprint density at radius 1 is 0.962 bits per heavy atom. The molecule has 4 N–H and O–H groups in total. The maximum atomic E-state index is 12.6. The lowest BCUT2D eigenvalue weighted by atomic mass is 10.0. The highest BCUT2D eigenvalue weighted by molar-refractivity contribution is 7.80. The van der Waals surface area contributed by atoms with Crippen LogP contribution in [-0.2, 0) is 19.2 Å². The lowest BCUT2D eigenvalue weighted by Crippen LogP contribution is -2.55. The van der Waals surface area contributed by atoms with Gasteiger partial charge in [0.1, 0.15) is 6.04 Å². The maximum absolute atomic E-state index is 12.6. The number of hydrogen-bond donors (Lipinski definition) is 6. The van der Waals surface area contributed by atoms with E-state index in [4.69, 9.17) is 5.11 Å². The summed E-state index contributed by atoms with van der Waals surface area (Å²) in [5.41, 5.74) is 0. The van der Waals surface area contributed by atoms with Crippen LogP contribution in [0.25, 0.3) is 0 Å². The van der Waals surface area contributed by atoms with Crippen molar-refractivity contribution in [1.82, 2.24) is 16.0 Å². The first-order chi connectivity index (χ1) is 12.1. The van der Waals surface area contributed by atoms with Crippen molar-refractivity contribution in [3.05, 3.63) is 0 Å². The number of ketones is 1. The Morgan fingerprint density at radius 2 is 1.50 bits per heavy atom. The lowest BCUT2D eigenvalue weighted by Gasteiger charge is -2.25. The molecule has 0 aromatic heterocycles. The average Bonchev–Trinajstić information content (AvgIpc) is 2.54. The molecule has 0 aliphatic rings. The Hall–Kier alpha value is -1.26. The van der Waals surface area contributed by atoms with E-state index < -0.39 is 30.0 Å². The molecule has 10 heteroatoms. The van der Waals surface area contributed by atoms with Crippen LogP contribution in [0.5, 0.6) is 0 Å². The molecular formula is C16H29N3O5S2. The molecule has 0 unspecified atom stereocenters.